The molecule has 3 aromatic rings. The van der Waals surface area contributed by atoms with Gasteiger partial charge in [0, 0.05) is 17.9 Å². The van der Waals surface area contributed by atoms with Gasteiger partial charge in [-0.25, -0.2) is 9.07 Å². The normalized spacial score (nSPS) is 16.5. The predicted molar refractivity (Wildman–Crippen MR) is 99.1 cm³/mol. The largest absolute Gasteiger partial charge is 0.310 e. The molecule has 0 saturated carbocycles. The van der Waals surface area contributed by atoms with Gasteiger partial charge in [-0.2, -0.15) is 5.10 Å². The summed E-state index contributed by atoms with van der Waals surface area (Å²) in [5, 5.41) is 7.35. The lowest BCUT2D eigenvalue weighted by atomic mass is 9.86. The van der Waals surface area contributed by atoms with Crippen LogP contribution in [0, 0.1) is 5.82 Å². The first-order valence-corrected chi connectivity index (χ1v) is 8.76. The van der Waals surface area contributed by atoms with E-state index in [-0.39, 0.29) is 17.6 Å². The van der Waals surface area contributed by atoms with Crippen LogP contribution in [-0.4, -0.2) is 15.7 Å². The molecule has 2 heterocycles. The average molecular weight is 349 g/mol. The molecule has 0 radical (unpaired) electrons. The molecule has 26 heavy (non-hydrogen) atoms. The maximum Gasteiger partial charge on any atom is 0.226 e. The van der Waals surface area contributed by atoms with Crippen molar-refractivity contribution < 1.29 is 9.18 Å². The summed E-state index contributed by atoms with van der Waals surface area (Å²) in [7, 11) is 0. The minimum Gasteiger partial charge on any atom is -0.310 e. The van der Waals surface area contributed by atoms with E-state index >= 15 is 0 Å². The number of amides is 1. The second kappa shape index (κ2) is 6.41. The Morgan fingerprint density at radius 1 is 1.12 bits per heavy atom. The van der Waals surface area contributed by atoms with Gasteiger partial charge in [0.1, 0.15) is 11.6 Å². The number of fused-ring (bicyclic) bond motifs is 1. The minimum atomic E-state index is -0.304. The second-order valence-electron chi connectivity index (χ2n) is 6.96. The third kappa shape index (κ3) is 2.90. The smallest absolute Gasteiger partial charge is 0.226 e. The van der Waals surface area contributed by atoms with Gasteiger partial charge < -0.3 is 5.32 Å². The van der Waals surface area contributed by atoms with Gasteiger partial charge in [0.05, 0.1) is 11.9 Å². The summed E-state index contributed by atoms with van der Waals surface area (Å²) < 4.78 is 14.9. The Kier molecular flexibility index (Phi) is 4.07. The molecule has 0 saturated heterocycles. The first kappa shape index (κ1) is 16.5. The van der Waals surface area contributed by atoms with Crippen molar-refractivity contribution in [1.29, 1.82) is 0 Å². The highest BCUT2D eigenvalue weighted by Gasteiger charge is 2.30. The zero-order valence-corrected chi connectivity index (χ0v) is 14.7. The van der Waals surface area contributed by atoms with Crippen LogP contribution in [0.1, 0.15) is 48.8 Å². The van der Waals surface area contributed by atoms with Crippen molar-refractivity contribution in [3.63, 3.8) is 0 Å². The molecule has 1 aliphatic heterocycles. The fourth-order valence-corrected chi connectivity index (χ4v) is 3.41. The molecule has 1 N–H and O–H groups in total. The van der Waals surface area contributed by atoms with E-state index in [1.165, 1.54) is 17.7 Å². The van der Waals surface area contributed by atoms with Crippen LogP contribution in [0.4, 0.5) is 10.2 Å². The molecule has 5 heteroatoms. The van der Waals surface area contributed by atoms with Crippen LogP contribution in [0.5, 0.6) is 0 Å². The van der Waals surface area contributed by atoms with Crippen molar-refractivity contribution in [2.45, 2.75) is 32.1 Å². The summed E-state index contributed by atoms with van der Waals surface area (Å²) in [6, 6.07) is 14.5. The van der Waals surface area contributed by atoms with Crippen molar-refractivity contribution in [3.8, 4) is 5.69 Å². The summed E-state index contributed by atoms with van der Waals surface area (Å²) in [5.41, 5.74) is 4.07. The van der Waals surface area contributed by atoms with Crippen LogP contribution in [0.15, 0.2) is 54.7 Å². The maximum absolute atomic E-state index is 13.2. The Morgan fingerprint density at radius 3 is 2.46 bits per heavy atom. The highest BCUT2D eigenvalue weighted by atomic mass is 19.1. The van der Waals surface area contributed by atoms with E-state index in [0.29, 0.717) is 23.8 Å². The van der Waals surface area contributed by atoms with Crippen LogP contribution in [0.3, 0.4) is 0 Å². The van der Waals surface area contributed by atoms with Crippen molar-refractivity contribution >= 4 is 11.7 Å². The fraction of sp³-hybridized carbons (Fsp3) is 0.238. The van der Waals surface area contributed by atoms with E-state index in [1.54, 1.807) is 23.0 Å². The van der Waals surface area contributed by atoms with E-state index < -0.39 is 0 Å². The van der Waals surface area contributed by atoms with Gasteiger partial charge >= 0.3 is 0 Å². The fourth-order valence-electron chi connectivity index (χ4n) is 3.41. The van der Waals surface area contributed by atoms with Crippen molar-refractivity contribution in [2.24, 2.45) is 0 Å². The highest BCUT2D eigenvalue weighted by molar-refractivity contribution is 5.94. The van der Waals surface area contributed by atoms with Gasteiger partial charge in [-0.15, -0.1) is 0 Å². The van der Waals surface area contributed by atoms with Gasteiger partial charge in [-0.3, -0.25) is 4.79 Å². The standard InChI is InChI=1S/C21H20FN3O/c1-13(2)14-3-5-15(6-4-14)18-11-20(26)24-21-19(18)12-23-25(21)17-9-7-16(22)8-10-17/h3-10,12-13,18H,11H2,1-2H3,(H,24,26)/t18-/m0/s1. The van der Waals surface area contributed by atoms with Crippen molar-refractivity contribution in [3.05, 3.63) is 77.2 Å². The van der Waals surface area contributed by atoms with Crippen LogP contribution in [0.25, 0.3) is 5.69 Å². The van der Waals surface area contributed by atoms with Gasteiger partial charge in [0.25, 0.3) is 0 Å². The summed E-state index contributed by atoms with van der Waals surface area (Å²) in [4.78, 5) is 12.3. The number of aromatic nitrogens is 2. The molecule has 0 unspecified atom stereocenters. The molecule has 0 bridgehead atoms. The molecule has 1 aromatic heterocycles. The highest BCUT2D eigenvalue weighted by Crippen LogP contribution is 2.38. The zero-order chi connectivity index (χ0) is 18.3. The predicted octanol–water partition coefficient (Wildman–Crippen LogP) is 4.61. The first-order chi connectivity index (χ1) is 12.5. The van der Waals surface area contributed by atoms with Gasteiger partial charge in [-0.1, -0.05) is 38.1 Å². The Morgan fingerprint density at radius 2 is 1.81 bits per heavy atom. The molecule has 2 aromatic carbocycles. The summed E-state index contributed by atoms with van der Waals surface area (Å²) >= 11 is 0. The topological polar surface area (TPSA) is 46.9 Å². The quantitative estimate of drug-likeness (QED) is 0.751. The minimum absolute atomic E-state index is 0.0332. The third-order valence-corrected chi connectivity index (χ3v) is 4.90. The van der Waals surface area contributed by atoms with E-state index in [2.05, 4.69) is 48.5 Å². The molecular weight excluding hydrogens is 329 g/mol. The molecule has 0 fully saturated rings. The number of carbonyl (C=O) groups excluding carboxylic acids is 1. The molecule has 132 valence electrons. The number of anilines is 1. The van der Waals surface area contributed by atoms with Crippen LogP contribution < -0.4 is 5.32 Å². The molecule has 0 aliphatic carbocycles. The molecule has 4 nitrogen and oxygen atoms in total. The summed E-state index contributed by atoms with van der Waals surface area (Å²) in [6.07, 6.45) is 2.18. The number of benzene rings is 2. The van der Waals surface area contributed by atoms with Gasteiger partial charge in [0.15, 0.2) is 0 Å². The van der Waals surface area contributed by atoms with Crippen molar-refractivity contribution in [2.75, 3.05) is 5.32 Å². The molecule has 4 rings (SSSR count). The number of nitrogens with one attached hydrogen (secondary N) is 1. The lowest BCUT2D eigenvalue weighted by Crippen LogP contribution is -2.24. The average Bonchev–Trinajstić information content (AvgIpc) is 3.05. The monoisotopic (exact) mass is 349 g/mol. The Balaban J connectivity index is 1.74. The van der Waals surface area contributed by atoms with E-state index in [4.69, 9.17) is 0 Å². The zero-order valence-electron chi connectivity index (χ0n) is 14.7. The SMILES string of the molecule is CC(C)c1ccc([C@@H]2CC(=O)Nc3c2cnn3-c2ccc(F)cc2)cc1. The number of hydrogen-bond donors (Lipinski definition) is 1. The van der Waals surface area contributed by atoms with Crippen molar-refractivity contribution in [1.82, 2.24) is 9.78 Å². The van der Waals surface area contributed by atoms with Crippen LogP contribution in [0.2, 0.25) is 0 Å². The second-order valence-corrected chi connectivity index (χ2v) is 6.96. The molecule has 0 spiro atoms. The van der Waals surface area contributed by atoms with Crippen LogP contribution in [-0.2, 0) is 4.79 Å². The Hall–Kier alpha value is -2.95. The Labute approximate surface area is 151 Å². The number of hydrogen-bond acceptors (Lipinski definition) is 2. The van der Waals surface area contributed by atoms with Crippen LogP contribution >= 0.6 is 0 Å². The lowest BCUT2D eigenvalue weighted by Gasteiger charge is -2.24. The summed E-state index contributed by atoms with van der Waals surface area (Å²) in [6.45, 7) is 4.32. The van der Waals surface area contributed by atoms with E-state index in [9.17, 15) is 9.18 Å². The molecule has 1 atom stereocenters. The van der Waals surface area contributed by atoms with E-state index in [0.717, 1.165) is 11.1 Å². The Bertz CT molecular complexity index is 942. The van der Waals surface area contributed by atoms with Gasteiger partial charge in [0.2, 0.25) is 5.91 Å². The first-order valence-electron chi connectivity index (χ1n) is 8.76. The lowest BCUT2D eigenvalue weighted by molar-refractivity contribution is -0.116. The summed E-state index contributed by atoms with van der Waals surface area (Å²) in [5.74, 6) is 0.747. The van der Waals surface area contributed by atoms with Gasteiger partial charge in [-0.05, 0) is 41.3 Å². The number of nitrogens with zero attached hydrogens (tertiary/aromatic N) is 2. The van der Waals surface area contributed by atoms with E-state index in [1.807, 2.05) is 0 Å². The molecule has 1 amide bonds. The maximum atomic E-state index is 13.2. The third-order valence-electron chi connectivity index (χ3n) is 4.90. The number of carbonyl (C=O) groups is 1. The number of rotatable bonds is 3. The molecular formula is C21H20FN3O. The number of halogens is 1. The molecule has 1 aliphatic rings.